The fourth-order valence-electron chi connectivity index (χ4n) is 3.84. The summed E-state index contributed by atoms with van der Waals surface area (Å²) < 4.78 is 31.3. The van der Waals surface area contributed by atoms with Crippen LogP contribution in [0.3, 0.4) is 0 Å². The van der Waals surface area contributed by atoms with Crippen LogP contribution in [0.4, 0.5) is 4.39 Å². The maximum Gasteiger partial charge on any atom is 0.338 e. The highest BCUT2D eigenvalue weighted by Gasteiger charge is 2.33. The number of thiazole rings is 1. The molecule has 176 valence electrons. The number of ether oxygens (including phenoxy) is 3. The van der Waals surface area contributed by atoms with E-state index in [1.807, 2.05) is 0 Å². The Morgan fingerprint density at radius 1 is 1.15 bits per heavy atom. The van der Waals surface area contributed by atoms with E-state index in [1.54, 1.807) is 50.3 Å². The molecule has 0 N–H and O–H groups in total. The predicted octanol–water partition coefficient (Wildman–Crippen LogP) is 2.95. The second-order valence-electron chi connectivity index (χ2n) is 7.47. The zero-order valence-corrected chi connectivity index (χ0v) is 19.9. The highest BCUT2D eigenvalue weighted by atomic mass is 32.1. The fraction of sp³-hybridized carbons (Fsp3) is 0.240. The van der Waals surface area contributed by atoms with Gasteiger partial charge < -0.3 is 14.2 Å². The van der Waals surface area contributed by atoms with Gasteiger partial charge in [0.2, 0.25) is 0 Å². The van der Waals surface area contributed by atoms with E-state index >= 15 is 0 Å². The van der Waals surface area contributed by atoms with Crippen LogP contribution in [0.2, 0.25) is 0 Å². The van der Waals surface area contributed by atoms with Gasteiger partial charge in [-0.25, -0.2) is 14.2 Å². The van der Waals surface area contributed by atoms with E-state index in [9.17, 15) is 14.0 Å². The van der Waals surface area contributed by atoms with Crippen molar-refractivity contribution in [1.29, 1.82) is 0 Å². The first-order chi connectivity index (χ1) is 16.4. The Morgan fingerprint density at radius 3 is 2.50 bits per heavy atom. The van der Waals surface area contributed by atoms with E-state index in [-0.39, 0.29) is 23.6 Å². The minimum Gasteiger partial charge on any atom is -0.493 e. The van der Waals surface area contributed by atoms with Gasteiger partial charge in [-0.2, -0.15) is 0 Å². The Balaban J connectivity index is 1.96. The summed E-state index contributed by atoms with van der Waals surface area (Å²) in [6.07, 6.45) is 1.68. The van der Waals surface area contributed by atoms with Crippen LogP contribution in [0, 0.1) is 5.82 Å². The van der Waals surface area contributed by atoms with E-state index in [1.165, 1.54) is 42.3 Å². The Labute approximate surface area is 199 Å². The van der Waals surface area contributed by atoms with Crippen LogP contribution in [-0.4, -0.2) is 31.4 Å². The Kier molecular flexibility index (Phi) is 6.65. The second kappa shape index (κ2) is 9.64. The summed E-state index contributed by atoms with van der Waals surface area (Å²) in [6, 6.07) is 10.3. The molecule has 0 amide bonds. The zero-order chi connectivity index (χ0) is 24.4. The molecule has 7 nitrogen and oxygen atoms in total. The largest absolute Gasteiger partial charge is 0.493 e. The maximum atomic E-state index is 13.6. The lowest BCUT2D eigenvalue weighted by molar-refractivity contribution is -0.139. The number of methoxy groups -OCH3 is 2. The molecule has 0 fully saturated rings. The molecule has 0 bridgehead atoms. The average molecular weight is 483 g/mol. The summed E-state index contributed by atoms with van der Waals surface area (Å²) in [4.78, 5) is 31.5. The number of carbonyl (C=O) groups excluding carboxylic acids is 1. The normalized spacial score (nSPS) is 15.6. The number of esters is 1. The highest BCUT2D eigenvalue weighted by molar-refractivity contribution is 7.07. The van der Waals surface area contributed by atoms with Gasteiger partial charge in [-0.15, -0.1) is 0 Å². The maximum absolute atomic E-state index is 13.6. The molecular weight excluding hydrogens is 459 g/mol. The summed E-state index contributed by atoms with van der Waals surface area (Å²) in [5.74, 6) is 0.0813. The number of aromatic nitrogens is 1. The van der Waals surface area contributed by atoms with Crippen LogP contribution in [0.15, 0.2) is 63.5 Å². The van der Waals surface area contributed by atoms with Crippen LogP contribution in [0.5, 0.6) is 11.5 Å². The summed E-state index contributed by atoms with van der Waals surface area (Å²) in [6.45, 7) is 3.62. The monoisotopic (exact) mass is 482 g/mol. The highest BCUT2D eigenvalue weighted by Crippen LogP contribution is 2.36. The summed E-state index contributed by atoms with van der Waals surface area (Å²) in [7, 11) is 3.05. The lowest BCUT2D eigenvalue weighted by Gasteiger charge is -2.25. The molecule has 0 saturated carbocycles. The molecule has 0 radical (unpaired) electrons. The third-order valence-corrected chi connectivity index (χ3v) is 6.39. The number of carbonyl (C=O) groups is 1. The smallest absolute Gasteiger partial charge is 0.338 e. The molecular formula is C25H23FN2O5S. The molecule has 1 aromatic heterocycles. The third-order valence-electron chi connectivity index (χ3n) is 5.41. The number of rotatable bonds is 6. The number of hydrogen-bond acceptors (Lipinski definition) is 7. The Hall–Kier alpha value is -3.72. The van der Waals surface area contributed by atoms with Crippen molar-refractivity contribution in [1.82, 2.24) is 4.57 Å². The molecule has 9 heteroatoms. The van der Waals surface area contributed by atoms with Crippen molar-refractivity contribution in [2.24, 2.45) is 4.99 Å². The molecule has 0 spiro atoms. The lowest BCUT2D eigenvalue weighted by atomic mass is 9.95. The zero-order valence-electron chi connectivity index (χ0n) is 19.1. The topological polar surface area (TPSA) is 79.1 Å². The van der Waals surface area contributed by atoms with Gasteiger partial charge in [0.25, 0.3) is 5.56 Å². The molecule has 1 aliphatic heterocycles. The van der Waals surface area contributed by atoms with E-state index in [0.717, 1.165) is 0 Å². The minimum absolute atomic E-state index is 0.184. The van der Waals surface area contributed by atoms with Crippen molar-refractivity contribution >= 4 is 23.4 Å². The van der Waals surface area contributed by atoms with Crippen molar-refractivity contribution in [3.63, 3.8) is 0 Å². The van der Waals surface area contributed by atoms with Crippen molar-refractivity contribution < 1.29 is 23.4 Å². The van der Waals surface area contributed by atoms with Crippen LogP contribution in [0.1, 0.15) is 31.0 Å². The van der Waals surface area contributed by atoms with E-state index < -0.39 is 12.0 Å². The van der Waals surface area contributed by atoms with Gasteiger partial charge >= 0.3 is 5.97 Å². The van der Waals surface area contributed by atoms with Gasteiger partial charge in [0.15, 0.2) is 16.3 Å². The molecule has 1 atom stereocenters. The molecule has 4 rings (SSSR count). The molecule has 0 saturated heterocycles. The molecule has 0 aliphatic carbocycles. The Bertz CT molecular complexity index is 1450. The number of benzene rings is 2. The van der Waals surface area contributed by atoms with Crippen molar-refractivity contribution in [3.8, 4) is 11.5 Å². The van der Waals surface area contributed by atoms with Crippen molar-refractivity contribution in [2.75, 3.05) is 20.8 Å². The van der Waals surface area contributed by atoms with Crippen LogP contribution in [-0.2, 0) is 9.53 Å². The summed E-state index contributed by atoms with van der Waals surface area (Å²) in [5.41, 5.74) is 1.74. The van der Waals surface area contributed by atoms with Gasteiger partial charge in [-0.1, -0.05) is 29.5 Å². The number of allylic oxidation sites excluding steroid dienone is 1. The van der Waals surface area contributed by atoms with Gasteiger partial charge in [0.1, 0.15) is 5.82 Å². The lowest BCUT2D eigenvalue weighted by Crippen LogP contribution is -2.39. The number of hydrogen-bond donors (Lipinski definition) is 0. The molecule has 2 aromatic carbocycles. The van der Waals surface area contributed by atoms with E-state index in [0.29, 0.717) is 37.7 Å². The first kappa shape index (κ1) is 23.4. The SMILES string of the molecule is CCOC(=O)C1=C(C)N=c2s/c(=C/c3ccc(F)cc3)c(=O)n2C1c1ccc(OC)c(OC)c1. The van der Waals surface area contributed by atoms with Crippen molar-refractivity contribution in [3.05, 3.63) is 90.4 Å². The second-order valence-corrected chi connectivity index (χ2v) is 8.48. The fourth-order valence-corrected chi connectivity index (χ4v) is 4.89. The number of nitrogens with zero attached hydrogens (tertiary/aromatic N) is 2. The average Bonchev–Trinajstić information content (AvgIpc) is 3.13. The summed E-state index contributed by atoms with van der Waals surface area (Å²) in [5, 5.41) is 0. The first-order valence-electron chi connectivity index (χ1n) is 10.5. The number of fused-ring (bicyclic) bond motifs is 1. The Morgan fingerprint density at radius 2 is 1.85 bits per heavy atom. The van der Waals surface area contributed by atoms with Crippen LogP contribution in [0.25, 0.3) is 6.08 Å². The third kappa shape index (κ3) is 4.26. The van der Waals surface area contributed by atoms with Crippen LogP contribution < -0.4 is 24.4 Å². The summed E-state index contributed by atoms with van der Waals surface area (Å²) >= 11 is 1.20. The van der Waals surface area contributed by atoms with E-state index in [4.69, 9.17) is 14.2 Å². The molecule has 1 unspecified atom stereocenters. The van der Waals surface area contributed by atoms with E-state index in [2.05, 4.69) is 4.99 Å². The van der Waals surface area contributed by atoms with Gasteiger partial charge in [0.05, 0.1) is 42.7 Å². The molecule has 1 aliphatic rings. The number of halogens is 1. The van der Waals surface area contributed by atoms with Crippen LogP contribution >= 0.6 is 11.3 Å². The van der Waals surface area contributed by atoms with Gasteiger partial charge in [-0.3, -0.25) is 9.36 Å². The standard InChI is InChI=1S/C25H23FN2O5S/c1-5-33-24(30)21-14(2)27-25-28(22(21)16-8-11-18(31-3)19(13-16)32-4)23(29)20(34-25)12-15-6-9-17(26)10-7-15/h6-13,22H,5H2,1-4H3/b20-12+. The predicted molar refractivity (Wildman–Crippen MR) is 126 cm³/mol. The minimum atomic E-state index is -0.773. The van der Waals surface area contributed by atoms with Crippen molar-refractivity contribution in [2.45, 2.75) is 19.9 Å². The first-order valence-corrected chi connectivity index (χ1v) is 11.4. The molecule has 34 heavy (non-hydrogen) atoms. The molecule has 2 heterocycles. The molecule has 3 aromatic rings. The van der Waals surface area contributed by atoms with Gasteiger partial charge in [-0.05, 0) is 55.3 Å². The van der Waals surface area contributed by atoms with Gasteiger partial charge in [0, 0.05) is 0 Å². The quantitative estimate of drug-likeness (QED) is 0.505.